The van der Waals surface area contributed by atoms with Gasteiger partial charge in [-0.05, 0) is 43.0 Å². The number of carbonyl (C=O) groups excluding carboxylic acids is 2. The van der Waals surface area contributed by atoms with Gasteiger partial charge in [-0.1, -0.05) is 61.8 Å². The summed E-state index contributed by atoms with van der Waals surface area (Å²) >= 11 is 6.21. The first-order valence-corrected chi connectivity index (χ1v) is 13.2. The molecule has 2 aromatic carbocycles. The van der Waals surface area contributed by atoms with Gasteiger partial charge in [-0.15, -0.1) is 0 Å². The summed E-state index contributed by atoms with van der Waals surface area (Å²) in [6.45, 7) is 5.83. The van der Waals surface area contributed by atoms with Crippen LogP contribution in [0.15, 0.2) is 48.5 Å². The van der Waals surface area contributed by atoms with Crippen LogP contribution in [-0.4, -0.2) is 50.5 Å². The zero-order valence-electron chi connectivity index (χ0n) is 19.5. The number of hydrogen-bond donors (Lipinski definition) is 1. The molecule has 0 bridgehead atoms. The Morgan fingerprint density at radius 1 is 1.09 bits per heavy atom. The summed E-state index contributed by atoms with van der Waals surface area (Å²) in [7, 11) is -3.79. The predicted octanol–water partition coefficient (Wildman–Crippen LogP) is 3.75. The molecule has 0 aliphatic heterocycles. The largest absolute Gasteiger partial charge is 0.354 e. The van der Waals surface area contributed by atoms with Crippen molar-refractivity contribution in [3.63, 3.8) is 0 Å². The molecule has 0 saturated carbocycles. The van der Waals surface area contributed by atoms with E-state index in [1.165, 1.54) is 11.0 Å². The first-order valence-electron chi connectivity index (χ1n) is 10.9. The third kappa shape index (κ3) is 7.47. The maximum absolute atomic E-state index is 13.5. The Kier molecular flexibility index (Phi) is 9.73. The maximum Gasteiger partial charge on any atom is 0.244 e. The smallest absolute Gasteiger partial charge is 0.244 e. The van der Waals surface area contributed by atoms with Crippen molar-refractivity contribution in [1.82, 2.24) is 10.2 Å². The number of aryl methyl sites for hydroxylation is 1. The Balaban J connectivity index is 2.41. The van der Waals surface area contributed by atoms with Crippen LogP contribution in [0.2, 0.25) is 5.02 Å². The third-order valence-corrected chi connectivity index (χ3v) is 6.80. The number of nitrogens with zero attached hydrogens (tertiary/aromatic N) is 2. The summed E-state index contributed by atoms with van der Waals surface area (Å²) in [6.07, 6.45) is 2.20. The van der Waals surface area contributed by atoms with E-state index in [0.29, 0.717) is 23.7 Å². The molecule has 0 heterocycles. The first kappa shape index (κ1) is 26.7. The Bertz CT molecular complexity index is 1060. The topological polar surface area (TPSA) is 86.8 Å². The fourth-order valence-corrected chi connectivity index (χ4v) is 4.43. The van der Waals surface area contributed by atoms with Gasteiger partial charge in [0.25, 0.3) is 0 Å². The Morgan fingerprint density at radius 3 is 2.30 bits per heavy atom. The fraction of sp³-hybridized carbons (Fsp3) is 0.417. The van der Waals surface area contributed by atoms with Crippen LogP contribution in [0.4, 0.5) is 5.69 Å². The average Bonchev–Trinajstić information content (AvgIpc) is 2.77. The predicted molar refractivity (Wildman–Crippen MR) is 133 cm³/mol. The van der Waals surface area contributed by atoms with Crippen LogP contribution in [0.3, 0.4) is 0 Å². The van der Waals surface area contributed by atoms with Gasteiger partial charge in [0.05, 0.1) is 11.9 Å². The van der Waals surface area contributed by atoms with Crippen LogP contribution < -0.4 is 9.62 Å². The second-order valence-corrected chi connectivity index (χ2v) is 10.2. The van der Waals surface area contributed by atoms with Crippen molar-refractivity contribution in [2.24, 2.45) is 0 Å². The molecule has 2 aromatic rings. The van der Waals surface area contributed by atoms with Crippen LogP contribution in [0.1, 0.15) is 37.8 Å². The lowest BCUT2D eigenvalue weighted by molar-refractivity contribution is -0.140. The molecular weight excluding hydrogens is 462 g/mol. The van der Waals surface area contributed by atoms with Crippen molar-refractivity contribution in [2.75, 3.05) is 23.7 Å². The van der Waals surface area contributed by atoms with Crippen molar-refractivity contribution in [3.05, 3.63) is 64.7 Å². The van der Waals surface area contributed by atoms with Crippen LogP contribution >= 0.6 is 11.6 Å². The van der Waals surface area contributed by atoms with Gasteiger partial charge in [0.2, 0.25) is 21.8 Å². The summed E-state index contributed by atoms with van der Waals surface area (Å²) in [4.78, 5) is 27.8. The molecule has 0 radical (unpaired) electrons. The number of carbonyl (C=O) groups is 2. The number of benzene rings is 2. The third-order valence-electron chi connectivity index (χ3n) is 5.25. The number of halogens is 1. The van der Waals surface area contributed by atoms with E-state index in [2.05, 4.69) is 5.32 Å². The lowest BCUT2D eigenvalue weighted by atomic mass is 10.1. The molecule has 0 saturated heterocycles. The van der Waals surface area contributed by atoms with E-state index in [0.717, 1.165) is 28.1 Å². The fourth-order valence-electron chi connectivity index (χ4n) is 3.42. The summed E-state index contributed by atoms with van der Waals surface area (Å²) in [5, 5.41) is 3.25. The minimum Gasteiger partial charge on any atom is -0.354 e. The molecule has 0 spiro atoms. The number of sulfonamides is 1. The standard InChI is InChI=1S/C24H32ClN3O4S/c1-5-14-26-24(30)22(6-2)27(16-19-10-8-7-9-11-19)23(29)17-28(33(4,31)32)20-13-12-18(3)21(25)15-20/h7-13,15,22H,5-6,14,16-17H2,1-4H3,(H,26,30)/t22-/m1/s1. The molecular formula is C24H32ClN3O4S. The zero-order chi connectivity index (χ0) is 24.6. The lowest BCUT2D eigenvalue weighted by Gasteiger charge is -2.33. The molecule has 9 heteroatoms. The molecule has 0 unspecified atom stereocenters. The first-order chi connectivity index (χ1) is 15.6. The molecule has 2 amide bonds. The highest BCUT2D eigenvalue weighted by Crippen LogP contribution is 2.25. The number of nitrogens with one attached hydrogen (secondary N) is 1. The monoisotopic (exact) mass is 493 g/mol. The number of hydrogen-bond acceptors (Lipinski definition) is 4. The van der Waals surface area contributed by atoms with Gasteiger partial charge >= 0.3 is 0 Å². The van der Waals surface area contributed by atoms with E-state index in [4.69, 9.17) is 11.6 Å². The van der Waals surface area contributed by atoms with E-state index >= 15 is 0 Å². The van der Waals surface area contributed by atoms with Gasteiger partial charge < -0.3 is 10.2 Å². The molecule has 33 heavy (non-hydrogen) atoms. The minimum atomic E-state index is -3.79. The Labute approximate surface area is 201 Å². The molecule has 1 atom stereocenters. The molecule has 0 aromatic heterocycles. The van der Waals surface area contributed by atoms with Crippen LogP contribution in [-0.2, 0) is 26.2 Å². The van der Waals surface area contributed by atoms with E-state index in [1.807, 2.05) is 51.1 Å². The summed E-state index contributed by atoms with van der Waals surface area (Å²) in [5.74, 6) is -0.729. The SMILES string of the molecule is CCCNC(=O)[C@@H](CC)N(Cc1ccccc1)C(=O)CN(c1ccc(C)c(Cl)c1)S(C)(=O)=O. The van der Waals surface area contributed by atoms with Crippen molar-refractivity contribution in [1.29, 1.82) is 0 Å². The lowest BCUT2D eigenvalue weighted by Crippen LogP contribution is -2.52. The number of amides is 2. The zero-order valence-corrected chi connectivity index (χ0v) is 21.1. The highest BCUT2D eigenvalue weighted by Gasteiger charge is 2.31. The summed E-state index contributed by atoms with van der Waals surface area (Å²) in [6, 6.07) is 13.4. The quantitative estimate of drug-likeness (QED) is 0.516. The molecule has 0 aliphatic rings. The average molecular weight is 494 g/mol. The van der Waals surface area contributed by atoms with E-state index in [-0.39, 0.29) is 12.5 Å². The molecule has 7 nitrogen and oxygen atoms in total. The van der Waals surface area contributed by atoms with E-state index in [9.17, 15) is 18.0 Å². The number of rotatable bonds is 11. The second kappa shape index (κ2) is 12.0. The summed E-state index contributed by atoms with van der Waals surface area (Å²) in [5.41, 5.74) is 1.94. The van der Waals surface area contributed by atoms with E-state index in [1.54, 1.807) is 12.1 Å². The van der Waals surface area contributed by atoms with Crippen LogP contribution in [0, 0.1) is 6.92 Å². The van der Waals surface area contributed by atoms with Crippen LogP contribution in [0.25, 0.3) is 0 Å². The van der Waals surface area contributed by atoms with Crippen molar-refractivity contribution >= 4 is 39.1 Å². The molecule has 2 rings (SSSR count). The Hall–Kier alpha value is -2.58. The molecule has 180 valence electrons. The van der Waals surface area contributed by atoms with Gasteiger partial charge in [0.15, 0.2) is 0 Å². The van der Waals surface area contributed by atoms with Gasteiger partial charge in [-0.3, -0.25) is 13.9 Å². The van der Waals surface area contributed by atoms with Gasteiger partial charge in [0.1, 0.15) is 12.6 Å². The highest BCUT2D eigenvalue weighted by atomic mass is 35.5. The van der Waals surface area contributed by atoms with E-state index < -0.39 is 28.5 Å². The number of anilines is 1. The van der Waals surface area contributed by atoms with Gasteiger partial charge in [0, 0.05) is 18.1 Å². The molecule has 0 fully saturated rings. The highest BCUT2D eigenvalue weighted by molar-refractivity contribution is 7.92. The summed E-state index contributed by atoms with van der Waals surface area (Å²) < 4.78 is 26.2. The van der Waals surface area contributed by atoms with Gasteiger partial charge in [-0.25, -0.2) is 8.42 Å². The van der Waals surface area contributed by atoms with Crippen molar-refractivity contribution in [2.45, 2.75) is 46.2 Å². The Morgan fingerprint density at radius 2 is 1.76 bits per heavy atom. The van der Waals surface area contributed by atoms with Crippen molar-refractivity contribution < 1.29 is 18.0 Å². The molecule has 0 aliphatic carbocycles. The van der Waals surface area contributed by atoms with Crippen molar-refractivity contribution in [3.8, 4) is 0 Å². The maximum atomic E-state index is 13.5. The van der Waals surface area contributed by atoms with Gasteiger partial charge in [-0.2, -0.15) is 0 Å². The second-order valence-electron chi connectivity index (χ2n) is 7.93. The van der Waals surface area contributed by atoms with Crippen LogP contribution in [0.5, 0.6) is 0 Å². The molecule has 1 N–H and O–H groups in total. The minimum absolute atomic E-state index is 0.185. The normalized spacial score (nSPS) is 12.2.